The van der Waals surface area contributed by atoms with Gasteiger partial charge in [0.25, 0.3) is 0 Å². The number of piperidine rings is 1. The first-order valence-corrected chi connectivity index (χ1v) is 9.53. The smallest absolute Gasteiger partial charge is 0.357 e. The lowest BCUT2D eigenvalue weighted by atomic mass is 9.87. The van der Waals surface area contributed by atoms with Gasteiger partial charge in [0, 0.05) is 24.4 Å². The van der Waals surface area contributed by atoms with Crippen LogP contribution in [0.4, 0.5) is 0 Å². The Hall–Kier alpha value is -0.690. The molecule has 0 aliphatic carbocycles. The fraction of sp³-hybridized carbons (Fsp3) is 0.765. The highest BCUT2D eigenvalue weighted by atomic mass is 35.5. The van der Waals surface area contributed by atoms with Gasteiger partial charge >= 0.3 is 5.97 Å². The number of esters is 1. The van der Waals surface area contributed by atoms with Gasteiger partial charge in [0.1, 0.15) is 0 Å². The zero-order chi connectivity index (χ0) is 16.3. The van der Waals surface area contributed by atoms with E-state index in [1.165, 1.54) is 13.0 Å². The maximum absolute atomic E-state index is 11.7. The van der Waals surface area contributed by atoms with E-state index in [4.69, 9.17) is 4.74 Å². The predicted octanol–water partition coefficient (Wildman–Crippen LogP) is 2.92. The second-order valence-electron chi connectivity index (χ2n) is 7.08. The SMILES string of the molecule is CCOC(=O)c1csc(C2CCN(CC3(C)CCNC3)CC2)n1.Cl. The Balaban J connectivity index is 0.00000208. The van der Waals surface area contributed by atoms with Crippen LogP contribution < -0.4 is 5.32 Å². The van der Waals surface area contributed by atoms with E-state index in [0.717, 1.165) is 44.0 Å². The molecule has 1 N–H and O–H groups in total. The van der Waals surface area contributed by atoms with Gasteiger partial charge in [-0.25, -0.2) is 9.78 Å². The molecule has 1 aromatic rings. The number of rotatable bonds is 5. The number of ether oxygens (including phenoxy) is 1. The van der Waals surface area contributed by atoms with Crippen LogP contribution in [-0.4, -0.2) is 55.2 Å². The van der Waals surface area contributed by atoms with E-state index in [1.807, 2.05) is 12.3 Å². The van der Waals surface area contributed by atoms with Gasteiger partial charge in [0.2, 0.25) is 0 Å². The second kappa shape index (κ2) is 8.61. The summed E-state index contributed by atoms with van der Waals surface area (Å²) in [5, 5.41) is 6.42. The van der Waals surface area contributed by atoms with Crippen molar-refractivity contribution in [3.8, 4) is 0 Å². The fourth-order valence-corrected chi connectivity index (χ4v) is 4.62. The minimum absolute atomic E-state index is 0. The lowest BCUT2D eigenvalue weighted by molar-refractivity contribution is 0.0520. The number of nitrogens with zero attached hydrogens (tertiary/aromatic N) is 2. The summed E-state index contributed by atoms with van der Waals surface area (Å²) >= 11 is 1.60. The van der Waals surface area contributed by atoms with Crippen LogP contribution >= 0.6 is 23.7 Å². The molecule has 0 amide bonds. The van der Waals surface area contributed by atoms with E-state index < -0.39 is 0 Å². The zero-order valence-electron chi connectivity index (χ0n) is 14.5. The largest absolute Gasteiger partial charge is 0.461 e. The molecular weight excluding hydrogens is 346 g/mol. The molecule has 0 radical (unpaired) electrons. The van der Waals surface area contributed by atoms with Crippen LogP contribution in [0.15, 0.2) is 5.38 Å². The summed E-state index contributed by atoms with van der Waals surface area (Å²) in [5.74, 6) is 0.197. The zero-order valence-corrected chi connectivity index (χ0v) is 16.2. The van der Waals surface area contributed by atoms with Crippen LogP contribution in [0.25, 0.3) is 0 Å². The minimum atomic E-state index is -0.297. The fourth-order valence-electron chi connectivity index (χ4n) is 3.66. The lowest BCUT2D eigenvalue weighted by Gasteiger charge is -2.36. The molecular formula is C17H28ClN3O2S. The van der Waals surface area contributed by atoms with Crippen LogP contribution in [0.5, 0.6) is 0 Å². The molecule has 7 heteroatoms. The van der Waals surface area contributed by atoms with Crippen LogP contribution in [0.3, 0.4) is 0 Å². The number of thiazole rings is 1. The van der Waals surface area contributed by atoms with E-state index in [9.17, 15) is 4.79 Å². The molecule has 1 aromatic heterocycles. The van der Waals surface area contributed by atoms with Gasteiger partial charge in [-0.1, -0.05) is 6.92 Å². The van der Waals surface area contributed by atoms with E-state index >= 15 is 0 Å². The van der Waals surface area contributed by atoms with Gasteiger partial charge in [0.05, 0.1) is 11.6 Å². The Morgan fingerprint density at radius 1 is 1.50 bits per heavy atom. The monoisotopic (exact) mass is 373 g/mol. The summed E-state index contributed by atoms with van der Waals surface area (Å²) in [4.78, 5) is 18.8. The van der Waals surface area contributed by atoms with Crippen molar-refractivity contribution in [3.63, 3.8) is 0 Å². The molecule has 2 aliphatic rings. The number of likely N-dealkylation sites (tertiary alicyclic amines) is 1. The molecule has 0 spiro atoms. The molecule has 2 saturated heterocycles. The number of carbonyl (C=O) groups is 1. The number of hydrogen-bond donors (Lipinski definition) is 1. The van der Waals surface area contributed by atoms with Crippen molar-refractivity contribution < 1.29 is 9.53 Å². The molecule has 0 aromatic carbocycles. The third-order valence-corrected chi connectivity index (χ3v) is 6.01. The van der Waals surface area contributed by atoms with Gasteiger partial charge in [-0.05, 0) is 51.2 Å². The molecule has 2 fully saturated rings. The quantitative estimate of drug-likeness (QED) is 0.804. The van der Waals surface area contributed by atoms with E-state index in [-0.39, 0.29) is 18.4 Å². The van der Waals surface area contributed by atoms with E-state index in [1.54, 1.807) is 11.3 Å². The Morgan fingerprint density at radius 3 is 2.88 bits per heavy atom. The molecule has 1 unspecified atom stereocenters. The molecule has 3 rings (SSSR count). The maximum atomic E-state index is 11.7. The van der Waals surface area contributed by atoms with Crippen molar-refractivity contribution in [2.45, 2.75) is 39.0 Å². The summed E-state index contributed by atoms with van der Waals surface area (Å²) in [6, 6.07) is 0. The average molecular weight is 374 g/mol. The van der Waals surface area contributed by atoms with Crippen LogP contribution in [-0.2, 0) is 4.74 Å². The van der Waals surface area contributed by atoms with E-state index in [0.29, 0.717) is 23.6 Å². The molecule has 0 bridgehead atoms. The Labute approximate surface area is 154 Å². The van der Waals surface area contributed by atoms with Crippen LogP contribution in [0, 0.1) is 5.41 Å². The molecule has 136 valence electrons. The summed E-state index contributed by atoms with van der Waals surface area (Å²) in [6.07, 6.45) is 3.56. The minimum Gasteiger partial charge on any atom is -0.461 e. The summed E-state index contributed by atoms with van der Waals surface area (Å²) in [7, 11) is 0. The highest BCUT2D eigenvalue weighted by Crippen LogP contribution is 2.33. The van der Waals surface area contributed by atoms with Gasteiger partial charge in [-0.15, -0.1) is 23.7 Å². The molecule has 0 saturated carbocycles. The van der Waals surface area contributed by atoms with Crippen molar-refractivity contribution in [1.82, 2.24) is 15.2 Å². The number of nitrogens with one attached hydrogen (secondary N) is 1. The van der Waals surface area contributed by atoms with Crippen molar-refractivity contribution in [3.05, 3.63) is 16.1 Å². The van der Waals surface area contributed by atoms with Crippen molar-refractivity contribution >= 4 is 29.7 Å². The van der Waals surface area contributed by atoms with E-state index in [2.05, 4.69) is 22.1 Å². The number of aromatic nitrogens is 1. The van der Waals surface area contributed by atoms with Crippen molar-refractivity contribution in [2.24, 2.45) is 5.41 Å². The first-order valence-electron chi connectivity index (χ1n) is 8.65. The molecule has 24 heavy (non-hydrogen) atoms. The number of hydrogen-bond acceptors (Lipinski definition) is 6. The molecule has 3 heterocycles. The summed E-state index contributed by atoms with van der Waals surface area (Å²) in [5.41, 5.74) is 0.907. The Morgan fingerprint density at radius 2 is 2.25 bits per heavy atom. The number of carbonyl (C=O) groups excluding carboxylic acids is 1. The highest BCUT2D eigenvalue weighted by molar-refractivity contribution is 7.09. The van der Waals surface area contributed by atoms with Crippen LogP contribution in [0.1, 0.15) is 54.5 Å². The van der Waals surface area contributed by atoms with Crippen molar-refractivity contribution in [1.29, 1.82) is 0 Å². The summed E-state index contributed by atoms with van der Waals surface area (Å²) in [6.45, 7) is 10.4. The first-order chi connectivity index (χ1) is 11.1. The van der Waals surface area contributed by atoms with Gasteiger partial charge < -0.3 is 15.0 Å². The first kappa shape index (κ1) is 19.6. The lowest BCUT2D eigenvalue weighted by Crippen LogP contribution is -2.41. The maximum Gasteiger partial charge on any atom is 0.357 e. The topological polar surface area (TPSA) is 54.5 Å². The predicted molar refractivity (Wildman–Crippen MR) is 99.3 cm³/mol. The third-order valence-electron chi connectivity index (χ3n) is 5.01. The van der Waals surface area contributed by atoms with Crippen molar-refractivity contribution in [2.75, 3.05) is 39.3 Å². The van der Waals surface area contributed by atoms with Gasteiger partial charge in [0.15, 0.2) is 5.69 Å². The molecule has 5 nitrogen and oxygen atoms in total. The molecule has 1 atom stereocenters. The normalized spacial score (nSPS) is 25.4. The average Bonchev–Trinajstić information content (AvgIpc) is 3.18. The summed E-state index contributed by atoms with van der Waals surface area (Å²) < 4.78 is 5.02. The van der Waals surface area contributed by atoms with Gasteiger partial charge in [-0.3, -0.25) is 0 Å². The Bertz CT molecular complexity index is 538. The second-order valence-corrected chi connectivity index (χ2v) is 7.97. The standard InChI is InChI=1S/C17H27N3O2S.ClH/c1-3-22-16(21)14-10-23-15(19-14)13-4-8-20(9-5-13)12-17(2)6-7-18-11-17;/h10,13,18H,3-9,11-12H2,1-2H3;1H. The van der Waals surface area contributed by atoms with Crippen LogP contribution in [0.2, 0.25) is 0 Å². The third kappa shape index (κ3) is 4.69. The highest BCUT2D eigenvalue weighted by Gasteiger charge is 2.32. The number of halogens is 1. The van der Waals surface area contributed by atoms with Gasteiger partial charge in [-0.2, -0.15) is 0 Å². The Kier molecular flexibility index (Phi) is 7.04. The molecule has 2 aliphatic heterocycles.